The number of amides is 1. The van der Waals surface area contributed by atoms with Crippen molar-refractivity contribution in [3.8, 4) is 17.1 Å². The van der Waals surface area contributed by atoms with Crippen LogP contribution in [0.1, 0.15) is 50.5 Å². The van der Waals surface area contributed by atoms with Gasteiger partial charge in [0.2, 0.25) is 0 Å². The molecule has 2 fully saturated rings. The first-order chi connectivity index (χ1) is 17.2. The van der Waals surface area contributed by atoms with Gasteiger partial charge >= 0.3 is 6.09 Å². The van der Waals surface area contributed by atoms with Crippen LogP contribution >= 0.6 is 0 Å². The number of carbonyl (C=O) groups excluding carboxylic acids is 1. The Hall–Kier alpha value is -3.52. The van der Waals surface area contributed by atoms with Crippen molar-refractivity contribution in [1.82, 2.24) is 19.9 Å². The van der Waals surface area contributed by atoms with E-state index in [1.165, 1.54) is 63.3 Å². The minimum absolute atomic E-state index is 0.0277. The van der Waals surface area contributed by atoms with E-state index in [1.807, 2.05) is 12.1 Å². The standard InChI is InChI=1S/C27H32N6O2/c28-25-26(35-27(34)31-21-6-3-15-29-17-21)32-24(18-30-25)20-13-11-19(12-14-20)5-4-16-33(22-7-1-8-22)23-9-2-10-23/h3,6,11-15,17-18,22-23H,1-2,4-5,7-10,16H2,(H2,28,30)(H,31,34). The number of ether oxygens (including phenoxy) is 1. The quantitative estimate of drug-likeness (QED) is 0.448. The normalized spacial score (nSPS) is 15.9. The fourth-order valence-electron chi connectivity index (χ4n) is 4.67. The molecule has 2 aromatic heterocycles. The number of anilines is 2. The Morgan fingerprint density at radius 3 is 2.43 bits per heavy atom. The number of nitrogens with two attached hydrogens (primary N) is 1. The van der Waals surface area contributed by atoms with E-state index < -0.39 is 6.09 Å². The zero-order valence-corrected chi connectivity index (χ0v) is 19.9. The first kappa shape index (κ1) is 23.2. The van der Waals surface area contributed by atoms with E-state index >= 15 is 0 Å². The summed E-state index contributed by atoms with van der Waals surface area (Å²) < 4.78 is 5.30. The minimum Gasteiger partial charge on any atom is -0.387 e. The van der Waals surface area contributed by atoms with Crippen molar-refractivity contribution in [3.05, 3.63) is 60.6 Å². The van der Waals surface area contributed by atoms with Crippen molar-refractivity contribution >= 4 is 17.6 Å². The second-order valence-corrected chi connectivity index (χ2v) is 9.41. The number of aryl methyl sites for hydroxylation is 1. The number of rotatable bonds is 9. The molecule has 5 rings (SSSR count). The number of hydrogen-bond acceptors (Lipinski definition) is 7. The lowest BCUT2D eigenvalue weighted by Crippen LogP contribution is -2.49. The van der Waals surface area contributed by atoms with Crippen molar-refractivity contribution < 1.29 is 9.53 Å². The molecular weight excluding hydrogens is 440 g/mol. The number of nitrogen functional groups attached to an aromatic ring is 1. The smallest absolute Gasteiger partial charge is 0.387 e. The van der Waals surface area contributed by atoms with Gasteiger partial charge in [-0.2, -0.15) is 0 Å². The van der Waals surface area contributed by atoms with Gasteiger partial charge in [-0.1, -0.05) is 37.1 Å². The summed E-state index contributed by atoms with van der Waals surface area (Å²) in [6, 6.07) is 13.4. The fraction of sp³-hybridized carbons (Fsp3) is 0.407. The molecule has 2 aliphatic carbocycles. The van der Waals surface area contributed by atoms with E-state index in [-0.39, 0.29) is 11.7 Å². The lowest BCUT2D eigenvalue weighted by molar-refractivity contribution is 0.0397. The molecule has 1 aromatic carbocycles. The maximum absolute atomic E-state index is 12.2. The zero-order valence-electron chi connectivity index (χ0n) is 19.9. The van der Waals surface area contributed by atoms with Gasteiger partial charge in [0, 0.05) is 23.8 Å². The Bertz CT molecular complexity index is 1120. The molecule has 8 heteroatoms. The fourth-order valence-corrected chi connectivity index (χ4v) is 4.67. The summed E-state index contributed by atoms with van der Waals surface area (Å²) >= 11 is 0. The van der Waals surface area contributed by atoms with Crippen LogP contribution in [0.3, 0.4) is 0 Å². The van der Waals surface area contributed by atoms with E-state index in [4.69, 9.17) is 10.5 Å². The third-order valence-corrected chi connectivity index (χ3v) is 7.08. The molecule has 35 heavy (non-hydrogen) atoms. The van der Waals surface area contributed by atoms with Gasteiger partial charge in [0.15, 0.2) is 5.82 Å². The van der Waals surface area contributed by atoms with Crippen LogP contribution in [0.25, 0.3) is 11.3 Å². The summed E-state index contributed by atoms with van der Waals surface area (Å²) in [5.74, 6) is 0.0224. The Morgan fingerprint density at radius 2 is 1.80 bits per heavy atom. The van der Waals surface area contributed by atoms with Gasteiger partial charge in [-0.25, -0.2) is 14.8 Å². The van der Waals surface area contributed by atoms with Gasteiger partial charge in [-0.05, 0) is 62.8 Å². The molecule has 0 atom stereocenters. The summed E-state index contributed by atoms with van der Waals surface area (Å²) in [4.78, 5) is 27.5. The molecule has 3 N–H and O–H groups in total. The topological polar surface area (TPSA) is 106 Å². The second kappa shape index (κ2) is 10.8. The molecule has 182 valence electrons. The highest BCUT2D eigenvalue weighted by Gasteiger charge is 2.32. The first-order valence-corrected chi connectivity index (χ1v) is 12.5. The molecule has 2 heterocycles. The molecule has 0 unspecified atom stereocenters. The molecule has 0 aliphatic heterocycles. The van der Waals surface area contributed by atoms with Gasteiger partial charge in [-0.3, -0.25) is 15.2 Å². The van der Waals surface area contributed by atoms with Gasteiger partial charge in [0.05, 0.1) is 23.8 Å². The number of nitrogens with zero attached hydrogens (tertiary/aromatic N) is 4. The van der Waals surface area contributed by atoms with E-state index in [0.717, 1.165) is 24.1 Å². The highest BCUT2D eigenvalue weighted by atomic mass is 16.6. The van der Waals surface area contributed by atoms with Gasteiger partial charge in [-0.15, -0.1) is 0 Å². The third-order valence-electron chi connectivity index (χ3n) is 7.08. The highest BCUT2D eigenvalue weighted by Crippen LogP contribution is 2.34. The van der Waals surface area contributed by atoms with Crippen molar-refractivity contribution in [2.24, 2.45) is 0 Å². The number of carbonyl (C=O) groups is 1. The van der Waals surface area contributed by atoms with Crippen LogP contribution in [-0.4, -0.2) is 44.6 Å². The van der Waals surface area contributed by atoms with Gasteiger partial charge < -0.3 is 10.5 Å². The average Bonchev–Trinajstić information content (AvgIpc) is 2.79. The van der Waals surface area contributed by atoms with E-state index in [1.54, 1.807) is 24.5 Å². The average molecular weight is 473 g/mol. The maximum atomic E-state index is 12.2. The van der Waals surface area contributed by atoms with Gasteiger partial charge in [0.1, 0.15) is 0 Å². The molecule has 0 spiro atoms. The Balaban J connectivity index is 1.17. The first-order valence-electron chi connectivity index (χ1n) is 12.5. The van der Waals surface area contributed by atoms with Crippen LogP contribution in [0.5, 0.6) is 5.88 Å². The zero-order chi connectivity index (χ0) is 24.0. The Labute approximate surface area is 205 Å². The summed E-state index contributed by atoms with van der Waals surface area (Å²) in [5, 5.41) is 2.59. The van der Waals surface area contributed by atoms with E-state index in [2.05, 4.69) is 37.3 Å². The summed E-state index contributed by atoms with van der Waals surface area (Å²) in [6.45, 7) is 1.20. The summed E-state index contributed by atoms with van der Waals surface area (Å²) in [7, 11) is 0. The highest BCUT2D eigenvalue weighted by molar-refractivity contribution is 5.86. The van der Waals surface area contributed by atoms with Crippen molar-refractivity contribution in [1.29, 1.82) is 0 Å². The molecule has 3 aromatic rings. The Morgan fingerprint density at radius 1 is 1.06 bits per heavy atom. The van der Waals surface area contributed by atoms with Crippen LogP contribution in [0.15, 0.2) is 55.0 Å². The second-order valence-electron chi connectivity index (χ2n) is 9.41. The van der Waals surface area contributed by atoms with Gasteiger partial charge in [0.25, 0.3) is 5.88 Å². The van der Waals surface area contributed by atoms with Crippen LogP contribution in [0, 0.1) is 0 Å². The number of nitrogens with one attached hydrogen (secondary N) is 1. The lowest BCUT2D eigenvalue weighted by atomic mass is 9.84. The van der Waals surface area contributed by atoms with E-state index in [0.29, 0.717) is 11.4 Å². The van der Waals surface area contributed by atoms with Crippen molar-refractivity contribution in [3.63, 3.8) is 0 Å². The summed E-state index contributed by atoms with van der Waals surface area (Å²) in [5.41, 5.74) is 9.20. The molecule has 1 amide bonds. The molecule has 0 saturated heterocycles. The lowest BCUT2D eigenvalue weighted by Gasteiger charge is -2.46. The van der Waals surface area contributed by atoms with Crippen LogP contribution in [0.4, 0.5) is 16.3 Å². The molecule has 2 aliphatic rings. The largest absolute Gasteiger partial charge is 0.418 e. The van der Waals surface area contributed by atoms with Crippen LogP contribution < -0.4 is 15.8 Å². The molecule has 0 radical (unpaired) electrons. The number of aromatic nitrogens is 3. The number of hydrogen-bond donors (Lipinski definition) is 2. The molecular formula is C27H32N6O2. The third kappa shape index (κ3) is 5.77. The van der Waals surface area contributed by atoms with Crippen LogP contribution in [0.2, 0.25) is 0 Å². The van der Waals surface area contributed by atoms with Crippen molar-refractivity contribution in [2.45, 2.75) is 63.5 Å². The molecule has 0 bridgehead atoms. The van der Waals surface area contributed by atoms with E-state index in [9.17, 15) is 4.79 Å². The predicted molar refractivity (Wildman–Crippen MR) is 136 cm³/mol. The molecule has 2 saturated carbocycles. The maximum Gasteiger partial charge on any atom is 0.418 e. The van der Waals surface area contributed by atoms with Crippen molar-refractivity contribution in [2.75, 3.05) is 17.6 Å². The number of benzene rings is 1. The molecule has 8 nitrogen and oxygen atoms in total. The SMILES string of the molecule is Nc1ncc(-c2ccc(CCCN(C3CCC3)C3CCC3)cc2)nc1OC(=O)Nc1cccnc1. The minimum atomic E-state index is -0.704. The van der Waals surface area contributed by atoms with Crippen LogP contribution in [-0.2, 0) is 6.42 Å². The Kier molecular flexibility index (Phi) is 7.18. The number of pyridine rings is 1. The monoisotopic (exact) mass is 472 g/mol. The summed E-state index contributed by atoms with van der Waals surface area (Å²) in [6.07, 6.45) is 14.6. The predicted octanol–water partition coefficient (Wildman–Crippen LogP) is 5.07.